The van der Waals surface area contributed by atoms with Crippen molar-refractivity contribution in [3.05, 3.63) is 67.0 Å². The molecule has 0 saturated heterocycles. The van der Waals surface area contributed by atoms with E-state index in [0.717, 1.165) is 5.56 Å². The molecule has 0 aliphatic heterocycles. The van der Waals surface area contributed by atoms with E-state index in [4.69, 9.17) is 4.74 Å². The van der Waals surface area contributed by atoms with Gasteiger partial charge < -0.3 is 10.1 Å². The lowest BCUT2D eigenvalue weighted by molar-refractivity contribution is -0.113. The zero-order valence-electron chi connectivity index (χ0n) is 15.3. The van der Waals surface area contributed by atoms with Crippen molar-refractivity contribution in [3.8, 4) is 17.1 Å². The summed E-state index contributed by atoms with van der Waals surface area (Å²) in [5.74, 6) is 0.629. The number of halogens is 1. The molecule has 0 radical (unpaired) electrons. The number of aromatic nitrogens is 3. The third-order valence-corrected chi connectivity index (χ3v) is 4.80. The topological polar surface area (TPSA) is 69.0 Å². The minimum Gasteiger partial charge on any atom is -0.497 e. The molecular formula is C20H19FN4O2S. The van der Waals surface area contributed by atoms with Gasteiger partial charge in [0, 0.05) is 12.1 Å². The first kappa shape index (κ1) is 19.6. The van der Waals surface area contributed by atoms with Gasteiger partial charge in [0.1, 0.15) is 11.6 Å². The summed E-state index contributed by atoms with van der Waals surface area (Å²) >= 11 is 1.22. The van der Waals surface area contributed by atoms with Gasteiger partial charge in [-0.2, -0.15) is 0 Å². The standard InChI is InChI=1S/C20H19FN4O2S/c1-3-11-25-19(14-7-6-8-15(12-14)27-2)23-24-20(25)28-13-18(26)22-17-10-5-4-9-16(17)21/h3-10,12H,1,11,13H2,2H3,(H,22,26). The molecule has 6 nitrogen and oxygen atoms in total. The maximum atomic E-state index is 13.7. The average molecular weight is 398 g/mol. The number of amides is 1. The van der Waals surface area contributed by atoms with E-state index in [9.17, 15) is 9.18 Å². The molecule has 144 valence electrons. The van der Waals surface area contributed by atoms with Gasteiger partial charge in [-0.05, 0) is 24.3 Å². The van der Waals surface area contributed by atoms with E-state index in [2.05, 4.69) is 22.1 Å². The monoisotopic (exact) mass is 398 g/mol. The number of anilines is 1. The zero-order chi connectivity index (χ0) is 19.9. The summed E-state index contributed by atoms with van der Waals surface area (Å²) in [5, 5.41) is 11.6. The van der Waals surface area contributed by atoms with Crippen molar-refractivity contribution in [1.29, 1.82) is 0 Å². The minimum atomic E-state index is -0.476. The molecule has 1 aromatic heterocycles. The van der Waals surface area contributed by atoms with Crippen LogP contribution in [0, 0.1) is 5.82 Å². The van der Waals surface area contributed by atoms with E-state index >= 15 is 0 Å². The molecule has 0 aliphatic carbocycles. The van der Waals surface area contributed by atoms with Crippen molar-refractivity contribution < 1.29 is 13.9 Å². The number of carbonyl (C=O) groups excluding carboxylic acids is 1. The maximum absolute atomic E-state index is 13.7. The number of para-hydroxylation sites is 1. The Labute approximate surface area is 166 Å². The summed E-state index contributed by atoms with van der Waals surface area (Å²) < 4.78 is 20.8. The fraction of sp³-hybridized carbons (Fsp3) is 0.150. The van der Waals surface area contributed by atoms with Crippen LogP contribution in [0.5, 0.6) is 5.75 Å². The summed E-state index contributed by atoms with van der Waals surface area (Å²) in [7, 11) is 1.60. The Morgan fingerprint density at radius 3 is 2.86 bits per heavy atom. The van der Waals surface area contributed by atoms with Gasteiger partial charge in [-0.3, -0.25) is 9.36 Å². The molecule has 28 heavy (non-hydrogen) atoms. The molecule has 8 heteroatoms. The molecule has 1 heterocycles. The molecule has 0 fully saturated rings. The molecule has 1 N–H and O–H groups in total. The maximum Gasteiger partial charge on any atom is 0.234 e. The summed E-state index contributed by atoms with van der Waals surface area (Å²) in [6.45, 7) is 4.26. The predicted octanol–water partition coefficient (Wildman–Crippen LogP) is 4.01. The molecule has 3 aromatic rings. The van der Waals surface area contributed by atoms with Gasteiger partial charge in [0.2, 0.25) is 5.91 Å². The first-order valence-corrected chi connectivity index (χ1v) is 9.46. The van der Waals surface area contributed by atoms with Crippen LogP contribution in [-0.2, 0) is 11.3 Å². The normalized spacial score (nSPS) is 10.5. The SMILES string of the molecule is C=CCn1c(SCC(=O)Nc2ccccc2F)nnc1-c1cccc(OC)c1. The molecule has 0 bridgehead atoms. The van der Waals surface area contributed by atoms with Crippen molar-refractivity contribution >= 4 is 23.4 Å². The number of carbonyl (C=O) groups is 1. The van der Waals surface area contributed by atoms with Gasteiger partial charge in [0.15, 0.2) is 11.0 Å². The Morgan fingerprint density at radius 1 is 1.29 bits per heavy atom. The van der Waals surface area contributed by atoms with Gasteiger partial charge >= 0.3 is 0 Å². The first-order chi connectivity index (χ1) is 13.6. The van der Waals surface area contributed by atoms with Gasteiger partial charge in [-0.25, -0.2) is 4.39 Å². The van der Waals surface area contributed by atoms with E-state index in [1.54, 1.807) is 25.3 Å². The van der Waals surface area contributed by atoms with Crippen molar-refractivity contribution in [2.24, 2.45) is 0 Å². The van der Waals surface area contributed by atoms with Crippen LogP contribution >= 0.6 is 11.8 Å². The molecular weight excluding hydrogens is 379 g/mol. The number of hydrogen-bond acceptors (Lipinski definition) is 5. The summed E-state index contributed by atoms with van der Waals surface area (Å²) in [4.78, 5) is 12.2. The highest BCUT2D eigenvalue weighted by Crippen LogP contribution is 2.26. The van der Waals surface area contributed by atoms with Crippen LogP contribution in [0.2, 0.25) is 0 Å². The van der Waals surface area contributed by atoms with Crippen LogP contribution in [-0.4, -0.2) is 33.5 Å². The average Bonchev–Trinajstić information content (AvgIpc) is 3.11. The highest BCUT2D eigenvalue weighted by Gasteiger charge is 2.16. The van der Waals surface area contributed by atoms with E-state index in [-0.39, 0.29) is 17.3 Å². The second-order valence-electron chi connectivity index (χ2n) is 5.75. The summed E-state index contributed by atoms with van der Waals surface area (Å²) in [6, 6.07) is 13.5. The smallest absolute Gasteiger partial charge is 0.234 e. The Balaban J connectivity index is 1.75. The van der Waals surface area contributed by atoms with Crippen LogP contribution in [0.25, 0.3) is 11.4 Å². The lowest BCUT2D eigenvalue weighted by atomic mass is 10.2. The second kappa shape index (κ2) is 9.18. The number of thioether (sulfide) groups is 1. The highest BCUT2D eigenvalue weighted by atomic mass is 32.2. The van der Waals surface area contributed by atoms with Gasteiger partial charge in [-0.15, -0.1) is 16.8 Å². The van der Waals surface area contributed by atoms with E-state index in [1.807, 2.05) is 28.8 Å². The van der Waals surface area contributed by atoms with Crippen LogP contribution in [0.4, 0.5) is 10.1 Å². The molecule has 2 aromatic carbocycles. The number of rotatable bonds is 8. The second-order valence-corrected chi connectivity index (χ2v) is 6.70. The van der Waals surface area contributed by atoms with Crippen LogP contribution < -0.4 is 10.1 Å². The van der Waals surface area contributed by atoms with Gasteiger partial charge in [0.25, 0.3) is 0 Å². The van der Waals surface area contributed by atoms with Crippen molar-refractivity contribution in [3.63, 3.8) is 0 Å². The largest absolute Gasteiger partial charge is 0.497 e. The highest BCUT2D eigenvalue weighted by molar-refractivity contribution is 7.99. The van der Waals surface area contributed by atoms with Crippen LogP contribution in [0.3, 0.4) is 0 Å². The quantitative estimate of drug-likeness (QED) is 0.459. The van der Waals surface area contributed by atoms with E-state index in [1.165, 1.54) is 23.9 Å². The number of nitrogens with zero attached hydrogens (tertiary/aromatic N) is 3. The molecule has 0 spiro atoms. The summed E-state index contributed by atoms with van der Waals surface area (Å²) in [6.07, 6.45) is 1.73. The Hall–Kier alpha value is -3.13. The molecule has 0 unspecified atom stereocenters. The lowest BCUT2D eigenvalue weighted by Gasteiger charge is -2.09. The number of allylic oxidation sites excluding steroid dienone is 1. The van der Waals surface area contributed by atoms with Crippen LogP contribution in [0.15, 0.2) is 66.3 Å². The van der Waals surface area contributed by atoms with Gasteiger partial charge in [-0.1, -0.05) is 42.1 Å². The van der Waals surface area contributed by atoms with Gasteiger partial charge in [0.05, 0.1) is 18.6 Å². The number of hydrogen-bond donors (Lipinski definition) is 1. The third kappa shape index (κ3) is 4.58. The number of nitrogens with one attached hydrogen (secondary N) is 1. The Morgan fingerprint density at radius 2 is 2.11 bits per heavy atom. The van der Waals surface area contributed by atoms with E-state index in [0.29, 0.717) is 23.3 Å². The molecule has 0 saturated carbocycles. The lowest BCUT2D eigenvalue weighted by Crippen LogP contribution is -2.15. The number of methoxy groups -OCH3 is 1. The van der Waals surface area contributed by atoms with Crippen LogP contribution in [0.1, 0.15) is 0 Å². The number of ether oxygens (including phenoxy) is 1. The molecule has 3 rings (SSSR count). The Kier molecular flexibility index (Phi) is 6.44. The predicted molar refractivity (Wildman–Crippen MR) is 108 cm³/mol. The zero-order valence-corrected chi connectivity index (χ0v) is 16.1. The minimum absolute atomic E-state index is 0.0712. The third-order valence-electron chi connectivity index (χ3n) is 3.84. The molecule has 0 atom stereocenters. The Bertz CT molecular complexity index is 990. The fourth-order valence-corrected chi connectivity index (χ4v) is 3.29. The molecule has 1 amide bonds. The first-order valence-electron chi connectivity index (χ1n) is 8.48. The fourth-order valence-electron chi connectivity index (χ4n) is 2.54. The van der Waals surface area contributed by atoms with Crippen molar-refractivity contribution in [2.75, 3.05) is 18.2 Å². The van der Waals surface area contributed by atoms with Crippen molar-refractivity contribution in [1.82, 2.24) is 14.8 Å². The van der Waals surface area contributed by atoms with E-state index < -0.39 is 5.82 Å². The number of benzene rings is 2. The van der Waals surface area contributed by atoms with Crippen molar-refractivity contribution in [2.45, 2.75) is 11.7 Å². The summed E-state index contributed by atoms with van der Waals surface area (Å²) in [5.41, 5.74) is 0.995. The molecule has 0 aliphatic rings.